The maximum absolute atomic E-state index is 12.3. The smallest absolute Gasteiger partial charge is 0.225 e. The van der Waals surface area contributed by atoms with E-state index in [0.717, 1.165) is 38.6 Å². The molecule has 2 fully saturated rings. The molecule has 1 heterocycles. The van der Waals surface area contributed by atoms with Crippen molar-refractivity contribution in [2.45, 2.75) is 44.6 Å². The molecule has 17 heavy (non-hydrogen) atoms. The van der Waals surface area contributed by atoms with Crippen LogP contribution in [0.2, 0.25) is 0 Å². The van der Waals surface area contributed by atoms with Crippen molar-refractivity contribution in [3.63, 3.8) is 0 Å². The van der Waals surface area contributed by atoms with Gasteiger partial charge in [0.15, 0.2) is 0 Å². The van der Waals surface area contributed by atoms with Gasteiger partial charge in [-0.2, -0.15) is 0 Å². The minimum atomic E-state index is -0.318. The third kappa shape index (κ3) is 3.19. The Morgan fingerprint density at radius 1 is 1.29 bits per heavy atom. The Hall–Kier alpha value is -0.610. The summed E-state index contributed by atoms with van der Waals surface area (Å²) in [5.41, 5.74) is 5.70. The summed E-state index contributed by atoms with van der Waals surface area (Å²) in [6, 6.07) is 0. The Bertz CT molecular complexity index is 270. The first-order valence-corrected chi connectivity index (χ1v) is 6.87. The number of carbonyl (C=O) groups is 1. The molecule has 2 aliphatic rings. The Balaban J connectivity index is 1.89. The topological polar surface area (TPSA) is 66.6 Å². The maximum atomic E-state index is 12.3. The summed E-state index contributed by atoms with van der Waals surface area (Å²) in [4.78, 5) is 14.2. The van der Waals surface area contributed by atoms with Crippen molar-refractivity contribution in [3.8, 4) is 0 Å². The first-order chi connectivity index (χ1) is 8.20. The Morgan fingerprint density at radius 2 is 2.12 bits per heavy atom. The predicted molar refractivity (Wildman–Crippen MR) is 66.3 cm³/mol. The van der Waals surface area contributed by atoms with Crippen LogP contribution in [-0.2, 0) is 4.79 Å². The van der Waals surface area contributed by atoms with Crippen LogP contribution in [-0.4, -0.2) is 41.7 Å². The summed E-state index contributed by atoms with van der Waals surface area (Å²) in [5.74, 6) is 0.928. The number of rotatable bonds is 2. The predicted octanol–water partition coefficient (Wildman–Crippen LogP) is 0.735. The molecule has 0 aromatic heterocycles. The molecule has 1 saturated heterocycles. The summed E-state index contributed by atoms with van der Waals surface area (Å²) in [5, 5.41) is 9.61. The molecule has 1 aliphatic heterocycles. The lowest BCUT2D eigenvalue weighted by Gasteiger charge is -2.35. The second-order valence-corrected chi connectivity index (χ2v) is 5.55. The molecule has 1 amide bonds. The second kappa shape index (κ2) is 5.83. The zero-order chi connectivity index (χ0) is 12.3. The Morgan fingerprint density at radius 3 is 2.82 bits per heavy atom. The normalized spacial score (nSPS) is 34.7. The highest BCUT2D eigenvalue weighted by molar-refractivity contribution is 5.79. The van der Waals surface area contributed by atoms with Gasteiger partial charge in [-0.1, -0.05) is 6.42 Å². The number of β-amino-alcohol motifs (C(OH)–C–C–N with tert-alkyl or cyclic N) is 1. The molecule has 1 aliphatic carbocycles. The molecule has 0 aromatic carbocycles. The number of nitrogens with two attached hydrogens (primary N) is 1. The first-order valence-electron chi connectivity index (χ1n) is 6.87. The fourth-order valence-corrected chi connectivity index (χ4v) is 3.14. The van der Waals surface area contributed by atoms with Gasteiger partial charge in [0.1, 0.15) is 0 Å². The molecule has 0 radical (unpaired) electrons. The number of hydrogen-bond donors (Lipinski definition) is 2. The molecule has 4 heteroatoms. The third-order valence-electron chi connectivity index (χ3n) is 4.17. The molecular formula is C13H24N2O2. The van der Waals surface area contributed by atoms with Crippen LogP contribution in [0.25, 0.3) is 0 Å². The number of likely N-dealkylation sites (tertiary alicyclic amines) is 1. The molecule has 0 aromatic rings. The van der Waals surface area contributed by atoms with Crippen molar-refractivity contribution in [3.05, 3.63) is 0 Å². The van der Waals surface area contributed by atoms with Crippen LogP contribution in [0.1, 0.15) is 38.5 Å². The Kier molecular flexibility index (Phi) is 4.40. The van der Waals surface area contributed by atoms with Crippen LogP contribution in [0, 0.1) is 11.8 Å². The number of nitrogens with zero attached hydrogens (tertiary/aromatic N) is 1. The van der Waals surface area contributed by atoms with Gasteiger partial charge in [-0.05, 0) is 44.6 Å². The van der Waals surface area contributed by atoms with Crippen LogP contribution < -0.4 is 5.73 Å². The highest BCUT2D eigenvalue weighted by Gasteiger charge is 2.31. The van der Waals surface area contributed by atoms with Crippen LogP contribution in [0.15, 0.2) is 0 Å². The number of carbonyl (C=O) groups excluding carboxylic acids is 1. The lowest BCUT2D eigenvalue weighted by Crippen LogP contribution is -2.46. The third-order valence-corrected chi connectivity index (χ3v) is 4.17. The summed E-state index contributed by atoms with van der Waals surface area (Å²) >= 11 is 0. The number of piperidine rings is 1. The van der Waals surface area contributed by atoms with Crippen LogP contribution >= 0.6 is 0 Å². The van der Waals surface area contributed by atoms with E-state index in [4.69, 9.17) is 5.73 Å². The van der Waals surface area contributed by atoms with Crippen LogP contribution in [0.5, 0.6) is 0 Å². The van der Waals surface area contributed by atoms with Gasteiger partial charge in [0.25, 0.3) is 0 Å². The van der Waals surface area contributed by atoms with Crippen molar-refractivity contribution < 1.29 is 9.90 Å². The highest BCUT2D eigenvalue weighted by Crippen LogP contribution is 2.30. The summed E-state index contributed by atoms with van der Waals surface area (Å²) in [6.07, 6.45) is 5.68. The summed E-state index contributed by atoms with van der Waals surface area (Å²) in [6.45, 7) is 2.05. The van der Waals surface area contributed by atoms with E-state index in [0.29, 0.717) is 19.0 Å². The molecule has 3 N–H and O–H groups in total. The first kappa shape index (κ1) is 12.8. The van der Waals surface area contributed by atoms with Gasteiger partial charge in [-0.25, -0.2) is 0 Å². The highest BCUT2D eigenvalue weighted by atomic mass is 16.3. The zero-order valence-electron chi connectivity index (χ0n) is 10.5. The molecule has 1 saturated carbocycles. The van der Waals surface area contributed by atoms with Gasteiger partial charge < -0.3 is 15.7 Å². The summed E-state index contributed by atoms with van der Waals surface area (Å²) < 4.78 is 0. The molecule has 4 nitrogen and oxygen atoms in total. The van der Waals surface area contributed by atoms with Gasteiger partial charge in [-0.15, -0.1) is 0 Å². The van der Waals surface area contributed by atoms with E-state index in [-0.39, 0.29) is 17.9 Å². The van der Waals surface area contributed by atoms with E-state index in [1.165, 1.54) is 6.42 Å². The van der Waals surface area contributed by atoms with E-state index in [1.54, 1.807) is 0 Å². The maximum Gasteiger partial charge on any atom is 0.225 e. The molecular weight excluding hydrogens is 216 g/mol. The molecule has 3 unspecified atom stereocenters. The largest absolute Gasteiger partial charge is 0.391 e. The molecule has 2 rings (SSSR count). The van der Waals surface area contributed by atoms with Crippen molar-refractivity contribution in [1.82, 2.24) is 4.90 Å². The van der Waals surface area contributed by atoms with Gasteiger partial charge >= 0.3 is 0 Å². The molecule has 3 atom stereocenters. The standard InChI is InChI=1S/C13H24N2O2/c14-8-10-3-1-4-11(7-10)13(17)15-6-2-5-12(16)9-15/h10-12,16H,1-9,14H2. The van der Waals surface area contributed by atoms with Crippen molar-refractivity contribution in [2.75, 3.05) is 19.6 Å². The minimum absolute atomic E-state index is 0.155. The SMILES string of the molecule is NCC1CCCC(C(=O)N2CCCC(O)C2)C1. The number of aliphatic hydroxyl groups excluding tert-OH is 1. The van der Waals surface area contributed by atoms with Crippen molar-refractivity contribution in [1.29, 1.82) is 0 Å². The van der Waals surface area contributed by atoms with Crippen LogP contribution in [0.3, 0.4) is 0 Å². The van der Waals surface area contributed by atoms with Gasteiger partial charge in [0, 0.05) is 19.0 Å². The Labute approximate surface area is 103 Å². The molecule has 0 bridgehead atoms. The number of amides is 1. The minimum Gasteiger partial charge on any atom is -0.391 e. The van der Waals surface area contributed by atoms with E-state index >= 15 is 0 Å². The lowest BCUT2D eigenvalue weighted by atomic mass is 9.80. The van der Waals surface area contributed by atoms with Crippen LogP contribution in [0.4, 0.5) is 0 Å². The fourth-order valence-electron chi connectivity index (χ4n) is 3.14. The fraction of sp³-hybridized carbons (Fsp3) is 0.923. The second-order valence-electron chi connectivity index (χ2n) is 5.55. The van der Waals surface area contributed by atoms with Gasteiger partial charge in [-0.3, -0.25) is 4.79 Å². The number of aliphatic hydroxyl groups is 1. The van der Waals surface area contributed by atoms with Gasteiger partial charge in [0.05, 0.1) is 6.10 Å². The van der Waals surface area contributed by atoms with E-state index in [9.17, 15) is 9.90 Å². The van der Waals surface area contributed by atoms with Crippen molar-refractivity contribution in [2.24, 2.45) is 17.6 Å². The van der Waals surface area contributed by atoms with E-state index < -0.39 is 0 Å². The number of hydrogen-bond acceptors (Lipinski definition) is 3. The van der Waals surface area contributed by atoms with Gasteiger partial charge in [0.2, 0.25) is 5.91 Å². The molecule has 98 valence electrons. The monoisotopic (exact) mass is 240 g/mol. The van der Waals surface area contributed by atoms with E-state index in [2.05, 4.69) is 0 Å². The quantitative estimate of drug-likeness (QED) is 0.748. The van der Waals surface area contributed by atoms with Crippen molar-refractivity contribution >= 4 is 5.91 Å². The van der Waals surface area contributed by atoms with E-state index in [1.807, 2.05) is 4.90 Å². The summed E-state index contributed by atoms with van der Waals surface area (Å²) in [7, 11) is 0. The zero-order valence-corrected chi connectivity index (χ0v) is 10.5. The average Bonchev–Trinajstić information content (AvgIpc) is 2.38. The molecule has 0 spiro atoms. The lowest BCUT2D eigenvalue weighted by molar-refractivity contribution is -0.140. The average molecular weight is 240 g/mol.